The number of nitrogens with zero attached hydrogens (tertiary/aromatic N) is 6. The van der Waals surface area contributed by atoms with E-state index in [-0.39, 0.29) is 79.8 Å². The van der Waals surface area contributed by atoms with Gasteiger partial charge in [0.2, 0.25) is 5.91 Å². The fourth-order valence-corrected chi connectivity index (χ4v) is 5.88. The van der Waals surface area contributed by atoms with Crippen molar-refractivity contribution in [2.24, 2.45) is 0 Å². The van der Waals surface area contributed by atoms with Gasteiger partial charge in [0.25, 0.3) is 0 Å². The van der Waals surface area contributed by atoms with Gasteiger partial charge in [-0.05, 0) is 51.1 Å². The van der Waals surface area contributed by atoms with Crippen molar-refractivity contribution in [3.8, 4) is 17.3 Å². The molecule has 2 aliphatic heterocycles. The van der Waals surface area contributed by atoms with Crippen LogP contribution in [-0.2, 0) is 11.0 Å². The van der Waals surface area contributed by atoms with Gasteiger partial charge in [-0.15, -0.1) is 0 Å². The molecule has 236 valence electrons. The zero-order valence-corrected chi connectivity index (χ0v) is 24.3. The van der Waals surface area contributed by atoms with E-state index in [1.165, 1.54) is 6.08 Å². The van der Waals surface area contributed by atoms with Gasteiger partial charge in [-0.25, -0.2) is 18.2 Å². The first-order chi connectivity index (χ1) is 20.7. The maximum Gasteiger partial charge on any atom is 0.418 e. The van der Waals surface area contributed by atoms with Crippen LogP contribution >= 0.6 is 0 Å². The van der Waals surface area contributed by atoms with Gasteiger partial charge in [0.1, 0.15) is 35.7 Å². The van der Waals surface area contributed by atoms with Crippen molar-refractivity contribution in [3.63, 3.8) is 0 Å². The first-order valence-corrected chi connectivity index (χ1v) is 13.9. The number of piperazine rings is 1. The third kappa shape index (κ3) is 5.84. The van der Waals surface area contributed by atoms with E-state index >= 15 is 8.78 Å². The maximum atomic E-state index is 16.4. The smallest absolute Gasteiger partial charge is 0.418 e. The minimum absolute atomic E-state index is 0.0527. The van der Waals surface area contributed by atoms with Gasteiger partial charge in [0.05, 0.1) is 16.8 Å². The lowest BCUT2D eigenvalue weighted by Crippen LogP contribution is -2.53. The molecule has 2 N–H and O–H groups in total. The Balaban J connectivity index is 1.67. The van der Waals surface area contributed by atoms with Crippen LogP contribution in [0.25, 0.3) is 22.2 Å². The fraction of sp³-hybridized carbons (Fsp3) is 0.448. The molecule has 0 aliphatic carbocycles. The standard InChI is InChI=1S/C29H31F6N7O2/c1-5-21(43)41-6-7-42(15(3)11-41)27-18-10-19(31)22(26-23(29(33,34)35)14(2)8-20(36)37-26)24(32)25(18)38-28(39-27)44-13-17-9-16(30)12-40(17)4/h5,8,10,15-17H,1,6-7,9,11-13H2,2-4H3,(H2,36,37). The van der Waals surface area contributed by atoms with E-state index < -0.39 is 52.4 Å². The van der Waals surface area contributed by atoms with Crippen LogP contribution in [0.2, 0.25) is 0 Å². The Labute approximate surface area is 249 Å². The highest BCUT2D eigenvalue weighted by molar-refractivity contribution is 5.94. The predicted molar refractivity (Wildman–Crippen MR) is 152 cm³/mol. The summed E-state index contributed by atoms with van der Waals surface area (Å²) in [4.78, 5) is 29.5. The number of pyridine rings is 1. The second-order valence-corrected chi connectivity index (χ2v) is 11.1. The van der Waals surface area contributed by atoms with Crippen LogP contribution in [0.1, 0.15) is 24.5 Å². The second kappa shape index (κ2) is 11.7. The number of rotatable bonds is 6. The number of carbonyl (C=O) groups excluding carboxylic acids is 1. The summed E-state index contributed by atoms with van der Waals surface area (Å²) < 4.78 is 94.2. The third-order valence-corrected chi connectivity index (χ3v) is 8.03. The Morgan fingerprint density at radius 2 is 1.91 bits per heavy atom. The second-order valence-electron chi connectivity index (χ2n) is 11.1. The number of nitrogens with two attached hydrogens (primary N) is 1. The Morgan fingerprint density at radius 3 is 2.52 bits per heavy atom. The molecule has 0 bridgehead atoms. The molecule has 15 heteroatoms. The van der Waals surface area contributed by atoms with E-state index in [0.29, 0.717) is 0 Å². The lowest BCUT2D eigenvalue weighted by molar-refractivity contribution is -0.137. The van der Waals surface area contributed by atoms with E-state index in [4.69, 9.17) is 10.5 Å². The van der Waals surface area contributed by atoms with Crippen molar-refractivity contribution in [2.75, 3.05) is 50.5 Å². The Hall–Kier alpha value is -4.14. The molecule has 2 aromatic heterocycles. The van der Waals surface area contributed by atoms with Gasteiger partial charge in [-0.1, -0.05) is 6.58 Å². The van der Waals surface area contributed by atoms with E-state index in [2.05, 4.69) is 21.5 Å². The van der Waals surface area contributed by atoms with E-state index in [1.807, 2.05) is 0 Å². The molecule has 3 aromatic rings. The number of halogens is 6. The summed E-state index contributed by atoms with van der Waals surface area (Å²) in [6.07, 6.45) is -4.68. The van der Waals surface area contributed by atoms with Crippen LogP contribution in [0.4, 0.5) is 38.0 Å². The predicted octanol–water partition coefficient (Wildman–Crippen LogP) is 4.52. The highest BCUT2D eigenvalue weighted by Gasteiger charge is 2.39. The highest BCUT2D eigenvalue weighted by atomic mass is 19.4. The van der Waals surface area contributed by atoms with Gasteiger partial charge in [0.15, 0.2) is 5.82 Å². The zero-order valence-electron chi connectivity index (χ0n) is 24.3. The monoisotopic (exact) mass is 623 g/mol. The Morgan fingerprint density at radius 1 is 1.18 bits per heavy atom. The number of aryl methyl sites for hydroxylation is 1. The number of likely N-dealkylation sites (tertiary alicyclic amines) is 1. The van der Waals surface area contributed by atoms with Crippen LogP contribution < -0.4 is 15.4 Å². The number of nitrogen functional groups attached to an aromatic ring is 1. The molecule has 3 unspecified atom stereocenters. The van der Waals surface area contributed by atoms with Crippen LogP contribution in [-0.4, -0.2) is 88.7 Å². The summed E-state index contributed by atoms with van der Waals surface area (Å²) in [6.45, 7) is 7.24. The molecule has 2 saturated heterocycles. The molecular formula is C29H31F6N7O2. The molecular weight excluding hydrogens is 592 g/mol. The number of benzene rings is 1. The lowest BCUT2D eigenvalue weighted by Gasteiger charge is -2.40. The first-order valence-electron chi connectivity index (χ1n) is 13.9. The molecule has 3 atom stereocenters. The quantitative estimate of drug-likeness (QED) is 0.316. The molecule has 0 radical (unpaired) electrons. The summed E-state index contributed by atoms with van der Waals surface area (Å²) >= 11 is 0. The van der Waals surface area contributed by atoms with Crippen molar-refractivity contribution in [1.82, 2.24) is 24.8 Å². The molecule has 1 amide bonds. The first kappa shape index (κ1) is 31.3. The van der Waals surface area contributed by atoms with Gasteiger partial charge >= 0.3 is 12.2 Å². The van der Waals surface area contributed by atoms with E-state index in [0.717, 1.165) is 19.1 Å². The van der Waals surface area contributed by atoms with E-state index in [1.54, 1.807) is 28.7 Å². The summed E-state index contributed by atoms with van der Waals surface area (Å²) in [6, 6.07) is 0.773. The van der Waals surface area contributed by atoms with Crippen molar-refractivity contribution in [1.29, 1.82) is 0 Å². The summed E-state index contributed by atoms with van der Waals surface area (Å²) in [5.41, 5.74) is 1.44. The zero-order chi connectivity index (χ0) is 32.1. The summed E-state index contributed by atoms with van der Waals surface area (Å²) in [5, 5.41) is -0.123. The van der Waals surface area contributed by atoms with Crippen molar-refractivity contribution in [2.45, 2.75) is 44.7 Å². The molecule has 2 aliphatic rings. The Kier molecular flexibility index (Phi) is 8.35. The highest BCUT2D eigenvalue weighted by Crippen LogP contribution is 2.43. The van der Waals surface area contributed by atoms with Crippen molar-refractivity contribution < 1.29 is 35.9 Å². The van der Waals surface area contributed by atoms with Crippen molar-refractivity contribution >= 4 is 28.4 Å². The fourth-order valence-electron chi connectivity index (χ4n) is 5.88. The average Bonchev–Trinajstić information content (AvgIpc) is 3.26. The van der Waals surface area contributed by atoms with Crippen LogP contribution in [0.3, 0.4) is 0 Å². The van der Waals surface area contributed by atoms with Crippen LogP contribution in [0.5, 0.6) is 6.01 Å². The third-order valence-electron chi connectivity index (χ3n) is 8.03. The van der Waals surface area contributed by atoms with Crippen molar-refractivity contribution in [3.05, 3.63) is 47.5 Å². The number of likely N-dealkylation sites (N-methyl/N-ethyl adjacent to an activating group) is 1. The number of amides is 1. The number of alkyl halides is 4. The SMILES string of the molecule is C=CC(=O)N1CCN(c2nc(OCC3CC(F)CN3C)nc3c(F)c(-c4nc(N)cc(C)c4C(F)(F)F)c(F)cc23)C(C)C1. The van der Waals surface area contributed by atoms with Crippen LogP contribution in [0, 0.1) is 18.6 Å². The molecule has 4 heterocycles. The molecule has 44 heavy (non-hydrogen) atoms. The molecule has 2 fully saturated rings. The lowest BCUT2D eigenvalue weighted by atomic mass is 9.98. The summed E-state index contributed by atoms with van der Waals surface area (Å²) in [5.74, 6) is -3.32. The number of hydrogen-bond donors (Lipinski definition) is 1. The molecule has 0 spiro atoms. The van der Waals surface area contributed by atoms with Gasteiger partial charge < -0.3 is 20.3 Å². The largest absolute Gasteiger partial charge is 0.462 e. The molecule has 0 saturated carbocycles. The number of hydrogen-bond acceptors (Lipinski definition) is 8. The average molecular weight is 624 g/mol. The van der Waals surface area contributed by atoms with Gasteiger partial charge in [-0.2, -0.15) is 23.1 Å². The number of fused-ring (bicyclic) bond motifs is 1. The minimum atomic E-state index is -5.00. The Bertz CT molecular complexity index is 1620. The van der Waals surface area contributed by atoms with Gasteiger partial charge in [-0.3, -0.25) is 9.69 Å². The normalized spacial score (nSPS) is 21.2. The number of ether oxygens (including phenoxy) is 1. The molecule has 5 rings (SSSR count). The number of aromatic nitrogens is 3. The number of carbonyl (C=O) groups is 1. The van der Waals surface area contributed by atoms with Gasteiger partial charge in [0, 0.05) is 43.6 Å². The number of anilines is 2. The topological polar surface area (TPSA) is 101 Å². The molecule has 1 aromatic carbocycles. The minimum Gasteiger partial charge on any atom is -0.462 e. The maximum absolute atomic E-state index is 16.4. The van der Waals surface area contributed by atoms with E-state index in [9.17, 15) is 22.4 Å². The summed E-state index contributed by atoms with van der Waals surface area (Å²) in [7, 11) is 1.72. The molecule has 9 nitrogen and oxygen atoms in total. The van der Waals surface area contributed by atoms with Crippen LogP contribution in [0.15, 0.2) is 24.8 Å².